The van der Waals surface area contributed by atoms with E-state index in [1.54, 1.807) is 0 Å². The Labute approximate surface area is 145 Å². The maximum absolute atomic E-state index is 12.8. The molecule has 0 aliphatic carbocycles. The molecule has 0 bridgehead atoms. The molecule has 0 spiro atoms. The molecule has 1 atom stereocenters. The summed E-state index contributed by atoms with van der Waals surface area (Å²) in [6.07, 6.45) is 5.77. The first-order valence-electron chi connectivity index (χ1n) is 9.49. The fraction of sp³-hybridized carbons (Fsp3) is 0.650. The van der Waals surface area contributed by atoms with Crippen molar-refractivity contribution in [3.63, 3.8) is 0 Å². The number of likely N-dealkylation sites (tertiary alicyclic amines) is 2. The Morgan fingerprint density at radius 1 is 1.12 bits per heavy atom. The van der Waals surface area contributed by atoms with E-state index in [1.807, 2.05) is 19.1 Å². The first kappa shape index (κ1) is 17.3. The van der Waals surface area contributed by atoms with Crippen molar-refractivity contribution in [3.05, 3.63) is 29.8 Å². The van der Waals surface area contributed by atoms with E-state index in [-0.39, 0.29) is 5.92 Å². The lowest BCUT2D eigenvalue weighted by Gasteiger charge is -2.36. The number of piperidine rings is 2. The summed E-state index contributed by atoms with van der Waals surface area (Å²) >= 11 is 0. The average Bonchev–Trinajstić information content (AvgIpc) is 2.64. The van der Waals surface area contributed by atoms with Gasteiger partial charge < -0.3 is 9.64 Å². The number of hydrogen-bond donors (Lipinski definition) is 0. The Morgan fingerprint density at radius 2 is 1.92 bits per heavy atom. The molecule has 24 heavy (non-hydrogen) atoms. The molecule has 2 saturated heterocycles. The van der Waals surface area contributed by atoms with E-state index in [1.165, 1.54) is 24.8 Å². The number of carbonyl (C=O) groups excluding carboxylic acids is 1. The van der Waals surface area contributed by atoms with Crippen LogP contribution in [0.25, 0.3) is 0 Å². The van der Waals surface area contributed by atoms with Crippen molar-refractivity contribution in [2.75, 3.05) is 32.8 Å². The Hall–Kier alpha value is -1.55. The highest BCUT2D eigenvalue weighted by atomic mass is 16.5. The summed E-state index contributed by atoms with van der Waals surface area (Å²) in [5.41, 5.74) is 1.23. The molecule has 2 aliphatic rings. The molecule has 2 fully saturated rings. The molecule has 2 aliphatic heterocycles. The molecular weight excluding hydrogens is 300 g/mol. The summed E-state index contributed by atoms with van der Waals surface area (Å²) < 4.78 is 5.75. The van der Waals surface area contributed by atoms with E-state index in [4.69, 9.17) is 4.74 Å². The molecule has 0 saturated carbocycles. The number of nitrogens with zero attached hydrogens (tertiary/aromatic N) is 2. The summed E-state index contributed by atoms with van der Waals surface area (Å²) in [5.74, 6) is 1.54. The third-order valence-electron chi connectivity index (χ3n) is 5.19. The van der Waals surface area contributed by atoms with Gasteiger partial charge in [-0.25, -0.2) is 0 Å². The Balaban J connectivity index is 1.60. The molecule has 1 amide bonds. The lowest BCUT2D eigenvalue weighted by molar-refractivity contribution is -0.138. The maximum Gasteiger partial charge on any atom is 0.226 e. The molecule has 3 rings (SSSR count). The Kier molecular flexibility index (Phi) is 6.13. The molecule has 0 radical (unpaired) electrons. The summed E-state index contributed by atoms with van der Waals surface area (Å²) in [5, 5.41) is 0. The molecule has 4 nitrogen and oxygen atoms in total. The van der Waals surface area contributed by atoms with Crippen LogP contribution in [0.2, 0.25) is 0 Å². The Bertz CT molecular complexity index is 540. The topological polar surface area (TPSA) is 32.8 Å². The van der Waals surface area contributed by atoms with E-state index in [0.717, 1.165) is 51.3 Å². The van der Waals surface area contributed by atoms with E-state index < -0.39 is 0 Å². The summed E-state index contributed by atoms with van der Waals surface area (Å²) in [7, 11) is 0. The molecule has 4 heteroatoms. The third kappa shape index (κ3) is 4.29. The van der Waals surface area contributed by atoms with Crippen LogP contribution < -0.4 is 4.74 Å². The normalized spacial score (nSPS) is 22.4. The van der Waals surface area contributed by atoms with Gasteiger partial charge in [-0.2, -0.15) is 0 Å². The van der Waals surface area contributed by atoms with Crippen LogP contribution >= 0.6 is 0 Å². The fourth-order valence-electron chi connectivity index (χ4n) is 3.94. The van der Waals surface area contributed by atoms with Gasteiger partial charge in [0, 0.05) is 31.7 Å². The second-order valence-corrected chi connectivity index (χ2v) is 7.00. The number of hydrogen-bond acceptors (Lipinski definition) is 3. The molecule has 1 unspecified atom stereocenters. The van der Waals surface area contributed by atoms with Gasteiger partial charge in [0.05, 0.1) is 12.5 Å². The highest BCUT2D eigenvalue weighted by Gasteiger charge is 2.30. The van der Waals surface area contributed by atoms with Crippen LogP contribution in [0.5, 0.6) is 5.75 Å². The highest BCUT2D eigenvalue weighted by Crippen LogP contribution is 2.25. The average molecular weight is 330 g/mol. The molecule has 2 heterocycles. The number of amides is 1. The monoisotopic (exact) mass is 330 g/mol. The smallest absolute Gasteiger partial charge is 0.226 e. The Morgan fingerprint density at radius 3 is 2.71 bits per heavy atom. The van der Waals surface area contributed by atoms with Crippen LogP contribution in [0.15, 0.2) is 24.3 Å². The lowest BCUT2D eigenvalue weighted by Crippen LogP contribution is -2.46. The van der Waals surface area contributed by atoms with Gasteiger partial charge >= 0.3 is 0 Å². The van der Waals surface area contributed by atoms with Gasteiger partial charge in [0.1, 0.15) is 5.75 Å². The van der Waals surface area contributed by atoms with Crippen molar-refractivity contribution < 1.29 is 9.53 Å². The number of carbonyl (C=O) groups is 1. The van der Waals surface area contributed by atoms with E-state index in [0.29, 0.717) is 12.5 Å². The fourth-order valence-corrected chi connectivity index (χ4v) is 3.94. The molecule has 0 N–H and O–H groups in total. The molecular formula is C20H30N2O2. The first-order chi connectivity index (χ1) is 11.8. The van der Waals surface area contributed by atoms with Crippen LogP contribution in [-0.2, 0) is 11.3 Å². The van der Waals surface area contributed by atoms with Crippen molar-refractivity contribution in [1.82, 2.24) is 9.80 Å². The number of benzene rings is 1. The SMILES string of the molecule is CCOc1ccccc1CN1CCCC(C(=O)N2CCCCC2)C1. The summed E-state index contributed by atoms with van der Waals surface area (Å²) in [4.78, 5) is 17.3. The van der Waals surface area contributed by atoms with Gasteiger partial charge in [-0.05, 0) is 51.6 Å². The minimum atomic E-state index is 0.177. The van der Waals surface area contributed by atoms with Crippen LogP contribution in [0, 0.1) is 5.92 Å². The van der Waals surface area contributed by atoms with E-state index in [9.17, 15) is 4.79 Å². The summed E-state index contributed by atoms with van der Waals surface area (Å²) in [6, 6.07) is 8.27. The van der Waals surface area contributed by atoms with Gasteiger partial charge in [-0.1, -0.05) is 18.2 Å². The van der Waals surface area contributed by atoms with Gasteiger partial charge in [-0.15, -0.1) is 0 Å². The second-order valence-electron chi connectivity index (χ2n) is 7.00. The lowest BCUT2D eigenvalue weighted by atomic mass is 9.95. The third-order valence-corrected chi connectivity index (χ3v) is 5.19. The van der Waals surface area contributed by atoms with E-state index in [2.05, 4.69) is 21.9 Å². The minimum absolute atomic E-state index is 0.177. The van der Waals surface area contributed by atoms with Crippen molar-refractivity contribution in [2.45, 2.75) is 45.6 Å². The first-order valence-corrected chi connectivity index (χ1v) is 9.49. The van der Waals surface area contributed by atoms with Gasteiger partial charge in [0.25, 0.3) is 0 Å². The van der Waals surface area contributed by atoms with Crippen molar-refractivity contribution >= 4 is 5.91 Å². The maximum atomic E-state index is 12.8. The van der Waals surface area contributed by atoms with Crippen LogP contribution in [0.4, 0.5) is 0 Å². The van der Waals surface area contributed by atoms with Crippen molar-refractivity contribution in [2.24, 2.45) is 5.92 Å². The van der Waals surface area contributed by atoms with Crippen LogP contribution in [-0.4, -0.2) is 48.5 Å². The number of para-hydroxylation sites is 1. The van der Waals surface area contributed by atoms with Gasteiger partial charge in [0.15, 0.2) is 0 Å². The van der Waals surface area contributed by atoms with E-state index >= 15 is 0 Å². The van der Waals surface area contributed by atoms with Gasteiger partial charge in [0.2, 0.25) is 5.91 Å². The minimum Gasteiger partial charge on any atom is -0.494 e. The van der Waals surface area contributed by atoms with Crippen molar-refractivity contribution in [3.8, 4) is 5.75 Å². The van der Waals surface area contributed by atoms with Crippen molar-refractivity contribution in [1.29, 1.82) is 0 Å². The second kappa shape index (κ2) is 8.52. The quantitative estimate of drug-likeness (QED) is 0.830. The van der Waals surface area contributed by atoms with Crippen LogP contribution in [0.1, 0.15) is 44.6 Å². The van der Waals surface area contributed by atoms with Crippen LogP contribution in [0.3, 0.4) is 0 Å². The molecule has 1 aromatic carbocycles. The molecule has 1 aromatic rings. The predicted molar refractivity (Wildman–Crippen MR) is 96.0 cm³/mol. The predicted octanol–water partition coefficient (Wildman–Crippen LogP) is 3.31. The zero-order chi connectivity index (χ0) is 16.8. The largest absolute Gasteiger partial charge is 0.494 e. The zero-order valence-electron chi connectivity index (χ0n) is 14.9. The zero-order valence-corrected chi connectivity index (χ0v) is 14.9. The number of ether oxygens (including phenoxy) is 1. The molecule has 0 aromatic heterocycles. The molecule has 132 valence electrons. The standard InChI is InChI=1S/C20H30N2O2/c1-2-24-19-11-5-4-9-17(19)15-21-12-8-10-18(16-21)20(23)22-13-6-3-7-14-22/h4-5,9,11,18H,2-3,6-8,10,12-16H2,1H3. The van der Waals surface area contributed by atoms with Gasteiger partial charge in [-0.3, -0.25) is 9.69 Å². The summed E-state index contributed by atoms with van der Waals surface area (Å²) in [6.45, 7) is 7.46. The highest BCUT2D eigenvalue weighted by molar-refractivity contribution is 5.79. The number of rotatable bonds is 5.